The minimum atomic E-state index is -0.143. The lowest BCUT2D eigenvalue weighted by Gasteiger charge is -2.58. The number of allylic oxidation sites excluding steroid dienone is 2. The highest BCUT2D eigenvalue weighted by atomic mass is 16.3. The smallest absolute Gasteiger partial charge is 0.0543 e. The van der Waals surface area contributed by atoms with E-state index >= 15 is 0 Å². The van der Waals surface area contributed by atoms with Crippen LogP contribution in [-0.4, -0.2) is 11.2 Å². The Bertz CT molecular complexity index is 632. The zero-order valence-corrected chi connectivity index (χ0v) is 20.9. The third-order valence-corrected chi connectivity index (χ3v) is 11.0. The molecule has 3 saturated carbocycles. The van der Waals surface area contributed by atoms with Crippen molar-refractivity contribution in [3.8, 4) is 0 Å². The maximum Gasteiger partial charge on any atom is 0.0543 e. The maximum atomic E-state index is 10.2. The van der Waals surface area contributed by atoms with Gasteiger partial charge in [-0.2, -0.15) is 0 Å². The van der Waals surface area contributed by atoms with Crippen molar-refractivity contribution in [1.82, 2.24) is 0 Å². The topological polar surface area (TPSA) is 20.2 Å². The summed E-state index contributed by atoms with van der Waals surface area (Å²) in [4.78, 5) is 0. The molecule has 4 aliphatic carbocycles. The van der Waals surface area contributed by atoms with Gasteiger partial charge in [-0.05, 0) is 111 Å². The van der Waals surface area contributed by atoms with E-state index in [0.29, 0.717) is 16.7 Å². The predicted octanol–water partition coefficient (Wildman–Crippen LogP) is 8.02. The summed E-state index contributed by atoms with van der Waals surface area (Å²) in [6.45, 7) is 14.7. The molecule has 0 radical (unpaired) electrons. The number of aliphatic hydroxyl groups is 1. The molecule has 0 bridgehead atoms. The monoisotopic (exact) mass is 414 g/mol. The van der Waals surface area contributed by atoms with Gasteiger partial charge >= 0.3 is 0 Å². The van der Waals surface area contributed by atoms with Crippen molar-refractivity contribution >= 4 is 0 Å². The van der Waals surface area contributed by atoms with E-state index in [0.717, 1.165) is 41.9 Å². The average molecular weight is 415 g/mol. The van der Waals surface area contributed by atoms with Crippen molar-refractivity contribution in [2.45, 2.75) is 118 Å². The average Bonchev–Trinajstić information content (AvgIpc) is 3.04. The second kappa shape index (κ2) is 8.57. The molecule has 0 spiro atoms. The summed E-state index contributed by atoms with van der Waals surface area (Å²) in [7, 11) is 0. The minimum Gasteiger partial charge on any atom is -0.393 e. The predicted molar refractivity (Wildman–Crippen MR) is 128 cm³/mol. The molecule has 172 valence electrons. The standard InChI is InChI=1S/C29H50O/c1-19(2)8-7-9-20(3)25-12-13-26-24-11-10-23-18-22(21(4)30)14-16-28(23,5)27(24)15-17-29(25,26)6/h10,19-22,24-27,30H,7-9,11-18H2,1-6H3/t20-,21?,22?,24?,25-,26?,27?,28+,29-/m1/s1. The molecule has 4 rings (SSSR count). The Morgan fingerprint density at radius 1 is 0.967 bits per heavy atom. The fourth-order valence-electron chi connectivity index (χ4n) is 9.13. The molecule has 1 N–H and O–H groups in total. The summed E-state index contributed by atoms with van der Waals surface area (Å²) in [5, 5.41) is 10.2. The molecule has 30 heavy (non-hydrogen) atoms. The fourth-order valence-corrected chi connectivity index (χ4v) is 9.13. The molecule has 0 aliphatic heterocycles. The van der Waals surface area contributed by atoms with Gasteiger partial charge in [-0.1, -0.05) is 65.5 Å². The van der Waals surface area contributed by atoms with Crippen molar-refractivity contribution in [3.05, 3.63) is 11.6 Å². The Morgan fingerprint density at radius 2 is 1.73 bits per heavy atom. The van der Waals surface area contributed by atoms with Crippen LogP contribution in [0.5, 0.6) is 0 Å². The van der Waals surface area contributed by atoms with E-state index in [2.05, 4.69) is 40.7 Å². The van der Waals surface area contributed by atoms with E-state index in [4.69, 9.17) is 0 Å². The molecule has 1 nitrogen and oxygen atoms in total. The molecule has 0 aromatic carbocycles. The SMILES string of the molecule is CC(C)CCC[C@@H](C)[C@H]1CCC2C3CC=C4CC(C(C)O)CC[C@]4(C)C3CC[C@@]21C. The van der Waals surface area contributed by atoms with Crippen LogP contribution >= 0.6 is 0 Å². The van der Waals surface area contributed by atoms with E-state index < -0.39 is 0 Å². The number of hydrogen-bond donors (Lipinski definition) is 1. The van der Waals surface area contributed by atoms with Crippen LogP contribution in [0.4, 0.5) is 0 Å². The summed E-state index contributed by atoms with van der Waals surface area (Å²) < 4.78 is 0. The summed E-state index contributed by atoms with van der Waals surface area (Å²) in [6, 6.07) is 0. The van der Waals surface area contributed by atoms with Crippen molar-refractivity contribution in [2.75, 3.05) is 0 Å². The van der Waals surface area contributed by atoms with Gasteiger partial charge in [0.05, 0.1) is 6.10 Å². The molecule has 1 heteroatoms. The van der Waals surface area contributed by atoms with Crippen molar-refractivity contribution in [1.29, 1.82) is 0 Å². The molecule has 0 aromatic rings. The van der Waals surface area contributed by atoms with Gasteiger partial charge in [0.15, 0.2) is 0 Å². The highest BCUT2D eigenvalue weighted by Gasteiger charge is 2.59. The summed E-state index contributed by atoms with van der Waals surface area (Å²) in [6.07, 6.45) is 17.8. The van der Waals surface area contributed by atoms with Crippen LogP contribution in [0.15, 0.2) is 11.6 Å². The van der Waals surface area contributed by atoms with Gasteiger partial charge in [0, 0.05) is 0 Å². The van der Waals surface area contributed by atoms with Gasteiger partial charge in [0.1, 0.15) is 0 Å². The van der Waals surface area contributed by atoms with Crippen molar-refractivity contribution in [3.63, 3.8) is 0 Å². The van der Waals surface area contributed by atoms with Crippen LogP contribution in [0.25, 0.3) is 0 Å². The number of fused-ring (bicyclic) bond motifs is 5. The van der Waals surface area contributed by atoms with E-state index in [1.807, 2.05) is 6.92 Å². The first kappa shape index (κ1) is 22.9. The van der Waals surface area contributed by atoms with Crippen LogP contribution in [0, 0.1) is 52.3 Å². The van der Waals surface area contributed by atoms with E-state index in [-0.39, 0.29) is 6.10 Å². The largest absolute Gasteiger partial charge is 0.393 e. The third kappa shape index (κ3) is 3.84. The highest BCUT2D eigenvalue weighted by Crippen LogP contribution is 2.67. The van der Waals surface area contributed by atoms with Gasteiger partial charge in [-0.3, -0.25) is 0 Å². The second-order valence-electron chi connectivity index (χ2n) is 13.0. The molecule has 4 aliphatic rings. The van der Waals surface area contributed by atoms with Gasteiger partial charge in [0.25, 0.3) is 0 Å². The zero-order chi connectivity index (χ0) is 21.7. The number of rotatable bonds is 6. The molecular weight excluding hydrogens is 364 g/mol. The Labute approximate surface area is 187 Å². The van der Waals surface area contributed by atoms with Crippen LogP contribution in [0.2, 0.25) is 0 Å². The first-order valence-corrected chi connectivity index (χ1v) is 13.5. The van der Waals surface area contributed by atoms with Crippen LogP contribution in [0.3, 0.4) is 0 Å². The van der Waals surface area contributed by atoms with E-state index in [1.165, 1.54) is 64.2 Å². The third-order valence-electron chi connectivity index (χ3n) is 11.0. The Kier molecular flexibility index (Phi) is 6.53. The molecule has 0 heterocycles. The zero-order valence-electron chi connectivity index (χ0n) is 20.9. The Balaban J connectivity index is 1.48. The lowest BCUT2D eigenvalue weighted by atomic mass is 9.46. The molecule has 5 unspecified atom stereocenters. The summed E-state index contributed by atoms with van der Waals surface area (Å²) in [5.41, 5.74) is 2.74. The van der Waals surface area contributed by atoms with Gasteiger partial charge in [-0.15, -0.1) is 0 Å². The second-order valence-corrected chi connectivity index (χ2v) is 13.0. The first-order chi connectivity index (χ1) is 14.2. The fraction of sp³-hybridized carbons (Fsp3) is 0.931. The molecule has 0 amide bonds. The van der Waals surface area contributed by atoms with Crippen LogP contribution < -0.4 is 0 Å². The van der Waals surface area contributed by atoms with Crippen LogP contribution in [-0.2, 0) is 0 Å². The number of hydrogen-bond acceptors (Lipinski definition) is 1. The molecule has 0 saturated heterocycles. The first-order valence-electron chi connectivity index (χ1n) is 13.5. The molecule has 9 atom stereocenters. The van der Waals surface area contributed by atoms with E-state index in [1.54, 1.807) is 5.57 Å². The van der Waals surface area contributed by atoms with E-state index in [9.17, 15) is 5.11 Å². The van der Waals surface area contributed by atoms with Gasteiger partial charge in [-0.25, -0.2) is 0 Å². The van der Waals surface area contributed by atoms with Crippen molar-refractivity contribution in [2.24, 2.45) is 52.3 Å². The number of aliphatic hydroxyl groups excluding tert-OH is 1. The normalized spacial score (nSPS) is 45.3. The van der Waals surface area contributed by atoms with Crippen molar-refractivity contribution < 1.29 is 5.11 Å². The Morgan fingerprint density at radius 3 is 2.43 bits per heavy atom. The lowest BCUT2D eigenvalue weighted by molar-refractivity contribution is -0.0564. The molecular formula is C29H50O. The molecule has 3 fully saturated rings. The van der Waals surface area contributed by atoms with Crippen LogP contribution in [0.1, 0.15) is 112 Å². The summed E-state index contributed by atoms with van der Waals surface area (Å²) in [5.74, 6) is 6.00. The highest BCUT2D eigenvalue weighted by molar-refractivity contribution is 5.25. The Hall–Kier alpha value is -0.300. The minimum absolute atomic E-state index is 0.143. The quantitative estimate of drug-likeness (QED) is 0.436. The summed E-state index contributed by atoms with van der Waals surface area (Å²) >= 11 is 0. The van der Waals surface area contributed by atoms with Gasteiger partial charge in [0.2, 0.25) is 0 Å². The lowest BCUT2D eigenvalue weighted by Crippen LogP contribution is -2.50. The molecule has 0 aromatic heterocycles. The maximum absolute atomic E-state index is 10.2. The van der Waals surface area contributed by atoms with Gasteiger partial charge < -0.3 is 5.11 Å².